The van der Waals surface area contributed by atoms with Gasteiger partial charge in [-0.15, -0.1) is 0 Å². The molecule has 1 saturated carbocycles. The number of halogens is 1. The van der Waals surface area contributed by atoms with Crippen LogP contribution in [0.4, 0.5) is 4.39 Å². The van der Waals surface area contributed by atoms with Gasteiger partial charge in [0.05, 0.1) is 24.3 Å². The van der Waals surface area contributed by atoms with Crippen LogP contribution in [0, 0.1) is 11.7 Å². The molecule has 0 bridgehead atoms. The Kier molecular flexibility index (Phi) is 5.44. The zero-order valence-corrected chi connectivity index (χ0v) is 17.5. The third-order valence-electron chi connectivity index (χ3n) is 6.69. The van der Waals surface area contributed by atoms with Crippen LogP contribution in [0.5, 0.6) is 0 Å². The maximum Gasteiger partial charge on any atom is 0.233 e. The number of ether oxygens (including phenoxy) is 1. The molecule has 5 rings (SSSR count). The minimum atomic E-state index is -0.756. The van der Waals surface area contributed by atoms with Crippen molar-refractivity contribution in [1.82, 2.24) is 19.5 Å². The minimum absolute atomic E-state index is 0.0450. The molecule has 1 saturated heterocycles. The van der Waals surface area contributed by atoms with Crippen LogP contribution in [0.1, 0.15) is 36.9 Å². The number of hydrogen-bond acceptors (Lipinski definition) is 4. The van der Waals surface area contributed by atoms with Gasteiger partial charge >= 0.3 is 0 Å². The second-order valence-corrected chi connectivity index (χ2v) is 8.72. The van der Waals surface area contributed by atoms with Crippen molar-refractivity contribution < 1.29 is 13.9 Å². The lowest BCUT2D eigenvalue weighted by molar-refractivity contribution is -0.138. The minimum Gasteiger partial charge on any atom is -0.379 e. The number of rotatable bonds is 4. The molecule has 2 aromatic heterocycles. The molecule has 3 heterocycles. The van der Waals surface area contributed by atoms with Gasteiger partial charge < -0.3 is 9.64 Å². The molecule has 1 unspecified atom stereocenters. The standard InChI is InChI=1S/C24H27FN4O2/c25-21-6-2-1-5-20(21)24(9-3-4-10-24)23(30)28-13-14-31-17-18(16-28)15-19-7-8-22-26-11-12-29(22)27-19/h1-2,5-8,11-12,18H,3-4,9-10,13-17H2. The Morgan fingerprint density at radius 2 is 2.03 bits per heavy atom. The SMILES string of the molecule is O=C(N1CCOCC(Cc2ccc3nccn3n2)C1)C1(c2ccccc2F)CCCC1. The van der Waals surface area contributed by atoms with E-state index in [2.05, 4.69) is 10.1 Å². The third kappa shape index (κ3) is 3.83. The van der Waals surface area contributed by atoms with Crippen LogP contribution in [-0.2, 0) is 21.4 Å². The average Bonchev–Trinajstić information content (AvgIpc) is 3.40. The van der Waals surface area contributed by atoms with Crippen LogP contribution in [-0.4, -0.2) is 51.7 Å². The highest BCUT2D eigenvalue weighted by molar-refractivity contribution is 5.88. The van der Waals surface area contributed by atoms with Gasteiger partial charge in [-0.1, -0.05) is 31.0 Å². The molecule has 1 atom stereocenters. The van der Waals surface area contributed by atoms with E-state index in [1.54, 1.807) is 22.8 Å². The molecule has 7 heteroatoms. The summed E-state index contributed by atoms with van der Waals surface area (Å²) in [6, 6.07) is 10.7. The lowest BCUT2D eigenvalue weighted by atomic mass is 9.77. The Balaban J connectivity index is 1.38. The molecule has 6 nitrogen and oxygen atoms in total. The van der Waals surface area contributed by atoms with Gasteiger partial charge in [0.1, 0.15) is 5.82 Å². The number of carbonyl (C=O) groups excluding carboxylic acids is 1. The van der Waals surface area contributed by atoms with Crippen molar-refractivity contribution in [3.05, 3.63) is 65.9 Å². The Labute approximate surface area is 181 Å². The normalized spacial score (nSPS) is 21.3. The van der Waals surface area contributed by atoms with Crippen molar-refractivity contribution in [3.8, 4) is 0 Å². The molecule has 162 valence electrons. The number of carbonyl (C=O) groups is 1. The second-order valence-electron chi connectivity index (χ2n) is 8.72. The molecule has 2 fully saturated rings. The predicted octanol–water partition coefficient (Wildman–Crippen LogP) is 3.40. The van der Waals surface area contributed by atoms with E-state index in [4.69, 9.17) is 4.74 Å². The second kappa shape index (κ2) is 8.38. The highest BCUT2D eigenvalue weighted by Gasteiger charge is 2.46. The lowest BCUT2D eigenvalue weighted by Crippen LogP contribution is -2.48. The first-order valence-corrected chi connectivity index (χ1v) is 11.1. The van der Waals surface area contributed by atoms with E-state index in [1.807, 2.05) is 29.3 Å². The number of imidazole rings is 1. The third-order valence-corrected chi connectivity index (χ3v) is 6.69. The van der Waals surface area contributed by atoms with E-state index in [1.165, 1.54) is 6.07 Å². The van der Waals surface area contributed by atoms with E-state index in [0.29, 0.717) is 51.1 Å². The summed E-state index contributed by atoms with van der Waals surface area (Å²) in [4.78, 5) is 20.0. The summed E-state index contributed by atoms with van der Waals surface area (Å²) in [5.74, 6) is -0.0965. The van der Waals surface area contributed by atoms with Gasteiger partial charge in [0.2, 0.25) is 5.91 Å². The highest BCUT2D eigenvalue weighted by Crippen LogP contribution is 2.43. The van der Waals surface area contributed by atoms with Crippen LogP contribution < -0.4 is 0 Å². The number of hydrogen-bond donors (Lipinski definition) is 0. The molecule has 0 N–H and O–H groups in total. The number of nitrogens with zero attached hydrogens (tertiary/aromatic N) is 4. The molecular formula is C24H27FN4O2. The zero-order valence-electron chi connectivity index (χ0n) is 17.5. The fourth-order valence-corrected chi connectivity index (χ4v) is 5.18. The number of amides is 1. The van der Waals surface area contributed by atoms with E-state index in [0.717, 1.165) is 24.2 Å². The van der Waals surface area contributed by atoms with Gasteiger partial charge in [0.25, 0.3) is 0 Å². The van der Waals surface area contributed by atoms with Gasteiger partial charge in [0, 0.05) is 37.0 Å². The molecule has 1 aliphatic carbocycles. The summed E-state index contributed by atoms with van der Waals surface area (Å²) in [6.45, 7) is 2.22. The summed E-state index contributed by atoms with van der Waals surface area (Å²) >= 11 is 0. The van der Waals surface area contributed by atoms with Crippen LogP contribution in [0.3, 0.4) is 0 Å². The monoisotopic (exact) mass is 422 g/mol. The Hall–Kier alpha value is -2.80. The quantitative estimate of drug-likeness (QED) is 0.647. The Bertz CT molecular complexity index is 1080. The van der Waals surface area contributed by atoms with E-state index in [9.17, 15) is 9.18 Å². The van der Waals surface area contributed by atoms with Crippen LogP contribution in [0.2, 0.25) is 0 Å². The Morgan fingerprint density at radius 3 is 2.87 bits per heavy atom. The average molecular weight is 423 g/mol. The summed E-state index contributed by atoms with van der Waals surface area (Å²) in [5, 5.41) is 4.63. The summed E-state index contributed by atoms with van der Waals surface area (Å²) in [5.41, 5.74) is 1.55. The first kappa shape index (κ1) is 20.1. The van der Waals surface area contributed by atoms with Crippen molar-refractivity contribution in [2.24, 2.45) is 5.92 Å². The molecule has 2 aliphatic rings. The van der Waals surface area contributed by atoms with Crippen LogP contribution in [0.15, 0.2) is 48.8 Å². The predicted molar refractivity (Wildman–Crippen MR) is 114 cm³/mol. The Morgan fingerprint density at radius 1 is 1.19 bits per heavy atom. The number of fused-ring (bicyclic) bond motifs is 1. The summed E-state index contributed by atoms with van der Waals surface area (Å²) in [6.07, 6.45) is 7.57. The van der Waals surface area contributed by atoms with E-state index >= 15 is 0 Å². The number of benzene rings is 1. The van der Waals surface area contributed by atoms with Crippen LogP contribution in [0.25, 0.3) is 5.65 Å². The van der Waals surface area contributed by atoms with Gasteiger partial charge in [-0.25, -0.2) is 13.9 Å². The summed E-state index contributed by atoms with van der Waals surface area (Å²) in [7, 11) is 0. The maximum absolute atomic E-state index is 14.7. The fourth-order valence-electron chi connectivity index (χ4n) is 5.18. The molecule has 1 aliphatic heterocycles. The van der Waals surface area contributed by atoms with Gasteiger partial charge in [-0.2, -0.15) is 5.10 Å². The maximum atomic E-state index is 14.7. The van der Waals surface area contributed by atoms with Crippen LogP contribution >= 0.6 is 0 Å². The van der Waals surface area contributed by atoms with Gasteiger partial charge in [0.15, 0.2) is 5.65 Å². The first-order chi connectivity index (χ1) is 15.2. The van der Waals surface area contributed by atoms with Crippen molar-refractivity contribution in [3.63, 3.8) is 0 Å². The van der Waals surface area contributed by atoms with Crippen molar-refractivity contribution >= 4 is 11.6 Å². The molecule has 1 amide bonds. The van der Waals surface area contributed by atoms with Gasteiger partial charge in [-0.3, -0.25) is 4.79 Å². The molecular weight excluding hydrogens is 395 g/mol. The van der Waals surface area contributed by atoms with E-state index in [-0.39, 0.29) is 17.6 Å². The molecule has 3 aromatic rings. The van der Waals surface area contributed by atoms with Crippen molar-refractivity contribution in [2.75, 3.05) is 26.3 Å². The molecule has 0 spiro atoms. The topological polar surface area (TPSA) is 59.7 Å². The smallest absolute Gasteiger partial charge is 0.233 e. The molecule has 1 aromatic carbocycles. The van der Waals surface area contributed by atoms with Crippen molar-refractivity contribution in [2.45, 2.75) is 37.5 Å². The zero-order chi connectivity index (χ0) is 21.3. The summed E-state index contributed by atoms with van der Waals surface area (Å²) < 4.78 is 22.4. The molecule has 31 heavy (non-hydrogen) atoms. The van der Waals surface area contributed by atoms with Crippen molar-refractivity contribution in [1.29, 1.82) is 0 Å². The highest BCUT2D eigenvalue weighted by atomic mass is 19.1. The first-order valence-electron chi connectivity index (χ1n) is 11.1. The largest absolute Gasteiger partial charge is 0.379 e. The fraction of sp³-hybridized carbons (Fsp3) is 0.458. The molecule has 0 radical (unpaired) electrons. The number of aromatic nitrogens is 3. The van der Waals surface area contributed by atoms with Gasteiger partial charge in [-0.05, 0) is 37.5 Å². The van der Waals surface area contributed by atoms with E-state index < -0.39 is 5.41 Å². The lowest BCUT2D eigenvalue weighted by Gasteiger charge is -2.35.